The molecule has 4 aromatic rings. The predicted octanol–water partition coefficient (Wildman–Crippen LogP) is 6.02. The lowest BCUT2D eigenvalue weighted by Crippen LogP contribution is -2.23. The van der Waals surface area contributed by atoms with Crippen molar-refractivity contribution in [3.63, 3.8) is 0 Å². The minimum atomic E-state index is 0.534. The molecule has 4 aromatic carbocycles. The molecule has 29 heavy (non-hydrogen) atoms. The maximum atomic E-state index is 5.99. The molecular formula is C27H26N2. The number of hydrogen-bond acceptors (Lipinski definition) is 2. The normalized spacial score (nSPS) is 10.7. The first-order valence-corrected chi connectivity index (χ1v) is 10.0. The van der Waals surface area contributed by atoms with Gasteiger partial charge in [-0.25, -0.2) is 0 Å². The van der Waals surface area contributed by atoms with Gasteiger partial charge < -0.3 is 10.6 Å². The average Bonchev–Trinajstić information content (AvgIpc) is 2.80. The molecule has 0 aliphatic rings. The van der Waals surface area contributed by atoms with E-state index in [9.17, 15) is 0 Å². The van der Waals surface area contributed by atoms with Crippen LogP contribution in [0.2, 0.25) is 0 Å². The second-order valence-electron chi connectivity index (χ2n) is 7.25. The van der Waals surface area contributed by atoms with Gasteiger partial charge in [-0.1, -0.05) is 103 Å². The van der Waals surface area contributed by atoms with Crippen LogP contribution in [0.3, 0.4) is 0 Å². The lowest BCUT2D eigenvalue weighted by atomic mass is 9.99. The highest BCUT2D eigenvalue weighted by Crippen LogP contribution is 2.34. The Hall–Kier alpha value is -3.36. The number of rotatable bonds is 7. The summed E-state index contributed by atoms with van der Waals surface area (Å²) in [7, 11) is 0. The Balaban J connectivity index is 1.80. The highest BCUT2D eigenvalue weighted by atomic mass is 15.1. The molecule has 2 N–H and O–H groups in total. The Labute approximate surface area is 173 Å². The summed E-state index contributed by atoms with van der Waals surface area (Å²) < 4.78 is 0. The van der Waals surface area contributed by atoms with Gasteiger partial charge in [-0.3, -0.25) is 0 Å². The monoisotopic (exact) mass is 378 g/mol. The summed E-state index contributed by atoms with van der Waals surface area (Å²) in [6.07, 6.45) is 0. The fourth-order valence-corrected chi connectivity index (χ4v) is 3.66. The molecule has 0 bridgehead atoms. The van der Waals surface area contributed by atoms with Gasteiger partial charge in [-0.2, -0.15) is 0 Å². The topological polar surface area (TPSA) is 29.3 Å². The molecule has 0 atom stereocenters. The molecule has 144 valence electrons. The molecule has 0 aliphatic carbocycles. The number of benzene rings is 4. The minimum Gasteiger partial charge on any atom is -0.362 e. The first-order valence-electron chi connectivity index (χ1n) is 10.0. The Bertz CT molecular complexity index is 986. The van der Waals surface area contributed by atoms with Gasteiger partial charge in [0, 0.05) is 30.9 Å². The van der Waals surface area contributed by atoms with Gasteiger partial charge in [0.15, 0.2) is 0 Å². The molecule has 0 amide bonds. The van der Waals surface area contributed by atoms with Crippen LogP contribution in [-0.2, 0) is 19.6 Å². The van der Waals surface area contributed by atoms with Crippen LogP contribution in [0.5, 0.6) is 0 Å². The lowest BCUT2D eigenvalue weighted by molar-refractivity contribution is 0.799. The van der Waals surface area contributed by atoms with Crippen LogP contribution in [0, 0.1) is 0 Å². The molecule has 0 fully saturated rings. The van der Waals surface area contributed by atoms with Crippen molar-refractivity contribution in [2.24, 2.45) is 5.73 Å². The molecule has 0 saturated heterocycles. The maximum Gasteiger partial charge on any atom is 0.0455 e. The highest BCUT2D eigenvalue weighted by molar-refractivity contribution is 5.79. The number of nitrogens with two attached hydrogens (primary N) is 1. The van der Waals surface area contributed by atoms with Crippen LogP contribution in [0.15, 0.2) is 109 Å². The van der Waals surface area contributed by atoms with Gasteiger partial charge in [0.1, 0.15) is 0 Å². The SMILES string of the molecule is NCc1ccc(-c2ccccc2)c(N(Cc2ccccc2)Cc2ccccc2)c1. The number of anilines is 1. The second-order valence-corrected chi connectivity index (χ2v) is 7.25. The molecule has 4 rings (SSSR count). The first kappa shape index (κ1) is 19.0. The molecule has 0 unspecified atom stereocenters. The van der Waals surface area contributed by atoms with E-state index in [0.717, 1.165) is 18.7 Å². The van der Waals surface area contributed by atoms with Crippen LogP contribution in [0.25, 0.3) is 11.1 Å². The molecule has 0 aliphatic heterocycles. The fourth-order valence-electron chi connectivity index (χ4n) is 3.66. The van der Waals surface area contributed by atoms with E-state index >= 15 is 0 Å². The first-order chi connectivity index (χ1) is 14.3. The van der Waals surface area contributed by atoms with Gasteiger partial charge in [-0.05, 0) is 28.3 Å². The quantitative estimate of drug-likeness (QED) is 0.426. The van der Waals surface area contributed by atoms with Crippen LogP contribution in [-0.4, -0.2) is 0 Å². The molecular weight excluding hydrogens is 352 g/mol. The van der Waals surface area contributed by atoms with E-state index in [1.165, 1.54) is 27.9 Å². The standard InChI is InChI=1S/C27H26N2/c28-19-24-16-17-26(25-14-8-3-9-15-25)27(18-24)29(20-22-10-4-1-5-11-22)21-23-12-6-2-7-13-23/h1-18H,19-21,28H2. The van der Waals surface area contributed by atoms with Crippen molar-refractivity contribution in [2.75, 3.05) is 4.90 Å². The van der Waals surface area contributed by atoms with Gasteiger partial charge >= 0.3 is 0 Å². The van der Waals surface area contributed by atoms with E-state index in [4.69, 9.17) is 5.73 Å². The zero-order valence-electron chi connectivity index (χ0n) is 16.5. The molecule has 0 radical (unpaired) electrons. The molecule has 0 saturated carbocycles. The van der Waals surface area contributed by atoms with E-state index < -0.39 is 0 Å². The van der Waals surface area contributed by atoms with Crippen molar-refractivity contribution < 1.29 is 0 Å². The number of nitrogens with zero attached hydrogens (tertiary/aromatic N) is 1. The molecule has 2 nitrogen and oxygen atoms in total. The van der Waals surface area contributed by atoms with Crippen LogP contribution in [0.4, 0.5) is 5.69 Å². The minimum absolute atomic E-state index is 0.534. The van der Waals surface area contributed by atoms with Gasteiger partial charge in [-0.15, -0.1) is 0 Å². The zero-order chi connectivity index (χ0) is 19.9. The second kappa shape index (κ2) is 9.22. The lowest BCUT2D eigenvalue weighted by Gasteiger charge is -2.28. The van der Waals surface area contributed by atoms with E-state index in [0.29, 0.717) is 6.54 Å². The average molecular weight is 379 g/mol. The van der Waals surface area contributed by atoms with Crippen molar-refractivity contribution in [1.29, 1.82) is 0 Å². The predicted molar refractivity (Wildman–Crippen MR) is 123 cm³/mol. The van der Waals surface area contributed by atoms with E-state index in [2.05, 4.69) is 114 Å². The van der Waals surface area contributed by atoms with Crippen molar-refractivity contribution in [3.05, 3.63) is 126 Å². The molecule has 0 aromatic heterocycles. The third kappa shape index (κ3) is 4.74. The van der Waals surface area contributed by atoms with Crippen molar-refractivity contribution in [3.8, 4) is 11.1 Å². The molecule has 2 heteroatoms. The summed E-state index contributed by atoms with van der Waals surface area (Å²) in [6, 6.07) is 38.5. The summed E-state index contributed by atoms with van der Waals surface area (Å²) in [5.41, 5.74) is 13.4. The van der Waals surface area contributed by atoms with Gasteiger partial charge in [0.05, 0.1) is 0 Å². The Morgan fingerprint density at radius 3 is 1.59 bits per heavy atom. The fraction of sp³-hybridized carbons (Fsp3) is 0.111. The molecule has 0 spiro atoms. The van der Waals surface area contributed by atoms with Crippen molar-refractivity contribution >= 4 is 5.69 Å². The Morgan fingerprint density at radius 1 is 0.552 bits per heavy atom. The van der Waals surface area contributed by atoms with Crippen LogP contribution < -0.4 is 10.6 Å². The van der Waals surface area contributed by atoms with E-state index in [1.807, 2.05) is 0 Å². The van der Waals surface area contributed by atoms with Gasteiger partial charge in [0.2, 0.25) is 0 Å². The summed E-state index contributed by atoms with van der Waals surface area (Å²) in [5, 5.41) is 0. The summed E-state index contributed by atoms with van der Waals surface area (Å²) >= 11 is 0. The Kier molecular flexibility index (Phi) is 6.04. The van der Waals surface area contributed by atoms with Crippen LogP contribution >= 0.6 is 0 Å². The third-order valence-electron chi connectivity index (χ3n) is 5.16. The van der Waals surface area contributed by atoms with Crippen molar-refractivity contribution in [2.45, 2.75) is 19.6 Å². The van der Waals surface area contributed by atoms with Crippen LogP contribution in [0.1, 0.15) is 16.7 Å². The Morgan fingerprint density at radius 2 is 1.07 bits per heavy atom. The van der Waals surface area contributed by atoms with E-state index in [-0.39, 0.29) is 0 Å². The van der Waals surface area contributed by atoms with Crippen molar-refractivity contribution in [1.82, 2.24) is 0 Å². The van der Waals surface area contributed by atoms with E-state index in [1.54, 1.807) is 0 Å². The largest absolute Gasteiger partial charge is 0.362 e. The molecule has 0 heterocycles. The highest BCUT2D eigenvalue weighted by Gasteiger charge is 2.15. The van der Waals surface area contributed by atoms with Gasteiger partial charge in [0.25, 0.3) is 0 Å². The number of hydrogen-bond donors (Lipinski definition) is 1. The summed E-state index contributed by atoms with van der Waals surface area (Å²) in [6.45, 7) is 2.21. The third-order valence-corrected chi connectivity index (χ3v) is 5.16. The summed E-state index contributed by atoms with van der Waals surface area (Å²) in [5.74, 6) is 0. The summed E-state index contributed by atoms with van der Waals surface area (Å²) in [4.78, 5) is 2.45. The smallest absolute Gasteiger partial charge is 0.0455 e. The zero-order valence-corrected chi connectivity index (χ0v) is 16.5. The maximum absolute atomic E-state index is 5.99.